The van der Waals surface area contributed by atoms with Crippen LogP contribution in [0.25, 0.3) is 0 Å². The van der Waals surface area contributed by atoms with Gasteiger partial charge in [-0.1, -0.05) is 26.7 Å². The number of amides is 1. The molecule has 3 unspecified atom stereocenters. The third-order valence-electron chi connectivity index (χ3n) is 3.87. The molecule has 2 aliphatic rings. The molecule has 2 saturated heterocycles. The van der Waals surface area contributed by atoms with E-state index in [0.29, 0.717) is 11.2 Å². The molecule has 2 fully saturated rings. The average Bonchev–Trinajstić information content (AvgIpc) is 2.74. The largest absolute Gasteiger partial charge is 0.325 e. The fraction of sp³-hybridized carbons (Fsp3) is 0.929. The first kappa shape index (κ1) is 15.5. The van der Waals surface area contributed by atoms with Crippen LogP contribution in [-0.4, -0.2) is 52.1 Å². The van der Waals surface area contributed by atoms with Crippen LogP contribution in [0.2, 0.25) is 0 Å². The topological polar surface area (TPSA) is 32.3 Å². The third-order valence-corrected chi connectivity index (χ3v) is 6.70. The Morgan fingerprint density at radius 1 is 1.37 bits per heavy atom. The highest BCUT2D eigenvalue weighted by molar-refractivity contribution is 8.06. The van der Waals surface area contributed by atoms with Crippen molar-refractivity contribution in [3.8, 4) is 0 Å². The lowest BCUT2D eigenvalue weighted by Gasteiger charge is -2.29. The normalized spacial score (nSPS) is 32.0. The summed E-state index contributed by atoms with van der Waals surface area (Å²) in [4.78, 5) is 14.6. The summed E-state index contributed by atoms with van der Waals surface area (Å²) in [6.07, 6.45) is 4.58. The van der Waals surface area contributed by atoms with Crippen LogP contribution >= 0.6 is 23.5 Å². The quantitative estimate of drug-likeness (QED) is 0.817. The molecule has 2 aliphatic heterocycles. The molecule has 0 bridgehead atoms. The van der Waals surface area contributed by atoms with Crippen molar-refractivity contribution < 1.29 is 4.79 Å². The van der Waals surface area contributed by atoms with Crippen molar-refractivity contribution in [1.29, 1.82) is 0 Å². The number of thioether (sulfide) groups is 2. The highest BCUT2D eigenvalue weighted by Crippen LogP contribution is 2.27. The van der Waals surface area contributed by atoms with Gasteiger partial charge < -0.3 is 4.90 Å². The van der Waals surface area contributed by atoms with Gasteiger partial charge in [0.2, 0.25) is 5.91 Å². The molecule has 0 aromatic heterocycles. The van der Waals surface area contributed by atoms with E-state index in [0.717, 1.165) is 32.2 Å². The summed E-state index contributed by atoms with van der Waals surface area (Å²) in [6.45, 7) is 5.29. The minimum Gasteiger partial charge on any atom is -0.325 e. The Balaban J connectivity index is 1.91. The molecule has 0 radical (unpaired) electrons. The number of hydrogen-bond donors (Lipinski definition) is 1. The molecule has 1 amide bonds. The Morgan fingerprint density at radius 2 is 2.21 bits per heavy atom. The Kier molecular flexibility index (Phi) is 6.36. The van der Waals surface area contributed by atoms with E-state index in [1.807, 2.05) is 23.5 Å². The highest BCUT2D eigenvalue weighted by atomic mass is 32.2. The monoisotopic (exact) mass is 302 g/mol. The lowest BCUT2D eigenvalue weighted by Crippen LogP contribution is -2.42. The minimum absolute atomic E-state index is 0.0751. The molecule has 0 aromatic rings. The van der Waals surface area contributed by atoms with Crippen molar-refractivity contribution in [3.63, 3.8) is 0 Å². The molecular weight excluding hydrogens is 276 g/mol. The van der Waals surface area contributed by atoms with Gasteiger partial charge in [0.05, 0.1) is 12.2 Å². The zero-order valence-electron chi connectivity index (χ0n) is 12.1. The van der Waals surface area contributed by atoms with Gasteiger partial charge in [0.1, 0.15) is 0 Å². The summed E-state index contributed by atoms with van der Waals surface area (Å²) < 4.78 is 0. The van der Waals surface area contributed by atoms with Crippen LogP contribution in [0.15, 0.2) is 0 Å². The van der Waals surface area contributed by atoms with Crippen LogP contribution < -0.4 is 5.32 Å². The first-order valence-corrected chi connectivity index (χ1v) is 9.72. The van der Waals surface area contributed by atoms with E-state index < -0.39 is 0 Å². The molecule has 110 valence electrons. The van der Waals surface area contributed by atoms with Crippen LogP contribution in [0.4, 0.5) is 0 Å². The van der Waals surface area contributed by atoms with E-state index in [9.17, 15) is 4.79 Å². The van der Waals surface area contributed by atoms with Gasteiger partial charge in [-0.25, -0.2) is 0 Å². The van der Waals surface area contributed by atoms with E-state index in [2.05, 4.69) is 24.1 Å². The molecular formula is C14H26N2OS2. The molecule has 5 heteroatoms. The SMILES string of the molecule is CCCCC1NC(CC)N(CC2CSCCS2)C1=O. The molecule has 2 heterocycles. The summed E-state index contributed by atoms with van der Waals surface area (Å²) in [5.41, 5.74) is 0. The summed E-state index contributed by atoms with van der Waals surface area (Å²) in [6, 6.07) is 0.0751. The molecule has 0 aromatic carbocycles. The second kappa shape index (κ2) is 7.79. The molecule has 0 spiro atoms. The molecule has 3 nitrogen and oxygen atoms in total. The van der Waals surface area contributed by atoms with Crippen molar-refractivity contribution in [2.45, 2.75) is 57.0 Å². The van der Waals surface area contributed by atoms with Crippen molar-refractivity contribution >= 4 is 29.4 Å². The van der Waals surface area contributed by atoms with Crippen LogP contribution in [-0.2, 0) is 4.79 Å². The number of carbonyl (C=O) groups is 1. The van der Waals surface area contributed by atoms with Gasteiger partial charge >= 0.3 is 0 Å². The van der Waals surface area contributed by atoms with Gasteiger partial charge in [0, 0.05) is 29.1 Å². The second-order valence-electron chi connectivity index (χ2n) is 5.34. The van der Waals surface area contributed by atoms with Crippen molar-refractivity contribution in [2.75, 3.05) is 23.8 Å². The van der Waals surface area contributed by atoms with E-state index in [4.69, 9.17) is 0 Å². The zero-order chi connectivity index (χ0) is 13.7. The van der Waals surface area contributed by atoms with Gasteiger partial charge in [-0.15, -0.1) is 0 Å². The van der Waals surface area contributed by atoms with Crippen molar-refractivity contribution in [2.24, 2.45) is 0 Å². The molecule has 3 atom stereocenters. The Hall–Kier alpha value is 0.130. The summed E-state index contributed by atoms with van der Waals surface area (Å²) in [5, 5.41) is 4.15. The standard InChI is InChI=1S/C14H26N2OS2/c1-3-5-6-12-14(17)16(13(4-2)15-12)9-11-10-18-7-8-19-11/h11-13,15H,3-10H2,1-2H3. The van der Waals surface area contributed by atoms with Crippen LogP contribution in [0.5, 0.6) is 0 Å². The van der Waals surface area contributed by atoms with Crippen LogP contribution in [0, 0.1) is 0 Å². The zero-order valence-corrected chi connectivity index (χ0v) is 13.7. The van der Waals surface area contributed by atoms with Crippen molar-refractivity contribution in [1.82, 2.24) is 10.2 Å². The van der Waals surface area contributed by atoms with Crippen molar-refractivity contribution in [3.05, 3.63) is 0 Å². The highest BCUT2D eigenvalue weighted by Gasteiger charge is 2.38. The Bertz CT molecular complexity index is 295. The fourth-order valence-corrected chi connectivity index (χ4v) is 5.44. The predicted molar refractivity (Wildman–Crippen MR) is 85.8 cm³/mol. The maximum absolute atomic E-state index is 12.5. The van der Waals surface area contributed by atoms with E-state index >= 15 is 0 Å². The predicted octanol–water partition coefficient (Wildman–Crippen LogP) is 2.56. The average molecular weight is 303 g/mol. The van der Waals surface area contributed by atoms with Crippen LogP contribution in [0.3, 0.4) is 0 Å². The van der Waals surface area contributed by atoms with Gasteiger partial charge in [0.15, 0.2) is 0 Å². The van der Waals surface area contributed by atoms with Gasteiger partial charge in [-0.3, -0.25) is 10.1 Å². The molecule has 2 rings (SSSR count). The number of nitrogens with zero attached hydrogens (tertiary/aromatic N) is 1. The number of rotatable bonds is 6. The van der Waals surface area contributed by atoms with E-state index in [1.54, 1.807) is 0 Å². The first-order valence-electron chi connectivity index (χ1n) is 7.52. The lowest BCUT2D eigenvalue weighted by atomic mass is 10.1. The minimum atomic E-state index is 0.0751. The second-order valence-corrected chi connectivity index (χ2v) is 7.90. The number of unbranched alkanes of at least 4 members (excludes halogenated alkanes) is 1. The maximum atomic E-state index is 12.5. The lowest BCUT2D eigenvalue weighted by molar-refractivity contribution is -0.130. The first-order chi connectivity index (χ1) is 9.26. The Labute approximate surface area is 125 Å². The smallest absolute Gasteiger partial charge is 0.241 e. The van der Waals surface area contributed by atoms with Gasteiger partial charge in [0.25, 0.3) is 0 Å². The summed E-state index contributed by atoms with van der Waals surface area (Å²) in [5.74, 6) is 4.05. The van der Waals surface area contributed by atoms with Gasteiger partial charge in [-0.05, 0) is 12.8 Å². The Morgan fingerprint density at radius 3 is 2.84 bits per heavy atom. The van der Waals surface area contributed by atoms with Crippen LogP contribution in [0.1, 0.15) is 39.5 Å². The van der Waals surface area contributed by atoms with E-state index in [1.165, 1.54) is 17.3 Å². The molecule has 1 N–H and O–H groups in total. The fourth-order valence-electron chi connectivity index (χ4n) is 2.78. The maximum Gasteiger partial charge on any atom is 0.241 e. The summed E-state index contributed by atoms with van der Waals surface area (Å²) in [7, 11) is 0. The number of nitrogens with one attached hydrogen (secondary N) is 1. The van der Waals surface area contributed by atoms with Gasteiger partial charge in [-0.2, -0.15) is 23.5 Å². The third kappa shape index (κ3) is 4.05. The number of hydrogen-bond acceptors (Lipinski definition) is 4. The molecule has 0 aliphatic carbocycles. The van der Waals surface area contributed by atoms with E-state index in [-0.39, 0.29) is 12.2 Å². The number of carbonyl (C=O) groups excluding carboxylic acids is 1. The molecule has 0 saturated carbocycles. The molecule has 19 heavy (non-hydrogen) atoms. The summed E-state index contributed by atoms with van der Waals surface area (Å²) >= 11 is 4.07.